The zero-order valence-corrected chi connectivity index (χ0v) is 24.2. The number of carboxylic acids is 1. The second-order valence-corrected chi connectivity index (χ2v) is 10.3. The molecule has 2 aromatic carbocycles. The van der Waals surface area contributed by atoms with E-state index in [0.717, 1.165) is 33.7 Å². The largest absolute Gasteiger partial charge is 0.491 e. The molecule has 0 radical (unpaired) electrons. The van der Waals surface area contributed by atoms with Gasteiger partial charge in [0.15, 0.2) is 6.10 Å². The number of hydrogen-bond donors (Lipinski definition) is 2. The molecule has 212 valence electrons. The molecule has 2 atom stereocenters. The highest BCUT2D eigenvalue weighted by Crippen LogP contribution is 2.30. The Hall–Kier alpha value is -4.26. The van der Waals surface area contributed by atoms with Gasteiger partial charge in [0.25, 0.3) is 5.91 Å². The molecular formula is C33H40N2O5. The summed E-state index contributed by atoms with van der Waals surface area (Å²) >= 11 is 0. The molecule has 2 aromatic rings. The first-order valence-electron chi connectivity index (χ1n) is 13.5. The summed E-state index contributed by atoms with van der Waals surface area (Å²) in [6.45, 7) is 16.6. The third kappa shape index (κ3) is 8.12. The van der Waals surface area contributed by atoms with Gasteiger partial charge in [-0.15, -0.1) is 0 Å². The minimum absolute atomic E-state index is 0.0672. The number of amides is 1. The number of aliphatic carboxylic acids is 1. The Kier molecular flexibility index (Phi) is 10.4. The highest BCUT2D eigenvalue weighted by molar-refractivity contribution is 5.97. The first-order chi connectivity index (χ1) is 19.0. The molecule has 0 fully saturated rings. The van der Waals surface area contributed by atoms with Gasteiger partial charge in [0, 0.05) is 24.4 Å². The highest BCUT2D eigenvalue weighted by Gasteiger charge is 2.23. The minimum atomic E-state index is -1.01. The summed E-state index contributed by atoms with van der Waals surface area (Å²) in [5, 5.41) is 12.2. The van der Waals surface area contributed by atoms with Crippen LogP contribution in [0.15, 0.2) is 95.8 Å². The number of benzene rings is 2. The summed E-state index contributed by atoms with van der Waals surface area (Å²) in [6, 6.07) is 15.0. The molecule has 0 saturated heterocycles. The molecule has 1 heterocycles. The Labute approximate surface area is 237 Å². The number of nitrogens with zero attached hydrogens (tertiary/aromatic N) is 1. The first-order valence-corrected chi connectivity index (χ1v) is 13.5. The van der Waals surface area contributed by atoms with Gasteiger partial charge in [0.1, 0.15) is 11.5 Å². The first kappa shape index (κ1) is 30.3. The molecule has 7 nitrogen and oxygen atoms in total. The topological polar surface area (TPSA) is 88.1 Å². The molecule has 0 spiro atoms. The van der Waals surface area contributed by atoms with Crippen molar-refractivity contribution in [2.75, 3.05) is 6.54 Å². The maximum absolute atomic E-state index is 13.3. The lowest BCUT2D eigenvalue weighted by Gasteiger charge is -2.21. The SMILES string of the molecule is C=C/C=C(\C=C1/CN(Cc2cccc(O[C@@H](C)C(=O)O)c2)C(C)=C1C)C(=O)N[C@@H](C)c1cccc(OC(C)C)c1. The van der Waals surface area contributed by atoms with Crippen LogP contribution in [0.1, 0.15) is 58.7 Å². The van der Waals surface area contributed by atoms with Crippen LogP contribution in [0.25, 0.3) is 0 Å². The maximum Gasteiger partial charge on any atom is 0.344 e. The molecule has 0 unspecified atom stereocenters. The molecule has 1 aliphatic rings. The number of rotatable bonds is 12. The fourth-order valence-electron chi connectivity index (χ4n) is 4.43. The standard InChI is InChI=1S/C33H40N2O5/c1-8-11-28(32(36)34-23(5)27-13-10-15-31(18-27)39-21(2)3)17-29-20-35(24(6)22(29)4)19-26-12-9-14-30(16-26)40-25(7)33(37)38/h8-18,21,23,25H,1,19-20H2,2-7H3,(H,34,36)(H,37,38)/b28-11+,29-17+/t23-,25-/m0/s1. The molecule has 40 heavy (non-hydrogen) atoms. The Morgan fingerprint density at radius 3 is 2.38 bits per heavy atom. The third-order valence-electron chi connectivity index (χ3n) is 6.76. The van der Waals surface area contributed by atoms with E-state index in [9.17, 15) is 9.59 Å². The van der Waals surface area contributed by atoms with Crippen molar-refractivity contribution in [2.24, 2.45) is 0 Å². The second kappa shape index (κ2) is 13.7. The summed E-state index contributed by atoms with van der Waals surface area (Å²) in [4.78, 5) is 26.7. The van der Waals surface area contributed by atoms with E-state index in [4.69, 9.17) is 14.6 Å². The van der Waals surface area contributed by atoms with E-state index < -0.39 is 12.1 Å². The summed E-state index contributed by atoms with van der Waals surface area (Å²) in [6.07, 6.45) is 4.41. The van der Waals surface area contributed by atoms with E-state index in [1.807, 2.05) is 69.3 Å². The van der Waals surface area contributed by atoms with Gasteiger partial charge < -0.3 is 24.8 Å². The number of carbonyl (C=O) groups excluding carboxylic acids is 1. The van der Waals surface area contributed by atoms with Crippen LogP contribution in [0.5, 0.6) is 11.5 Å². The molecular weight excluding hydrogens is 504 g/mol. The Bertz CT molecular complexity index is 1340. The van der Waals surface area contributed by atoms with Gasteiger partial charge in [0.05, 0.1) is 12.1 Å². The Balaban J connectivity index is 1.73. The van der Waals surface area contributed by atoms with Crippen LogP contribution in [0.4, 0.5) is 0 Å². The number of nitrogens with one attached hydrogen (secondary N) is 1. The van der Waals surface area contributed by atoms with Gasteiger partial charge >= 0.3 is 5.97 Å². The molecule has 0 saturated carbocycles. The van der Waals surface area contributed by atoms with E-state index in [2.05, 4.69) is 30.6 Å². The van der Waals surface area contributed by atoms with Crippen molar-refractivity contribution in [1.82, 2.24) is 10.2 Å². The predicted octanol–water partition coefficient (Wildman–Crippen LogP) is 6.35. The lowest BCUT2D eigenvalue weighted by molar-refractivity contribution is -0.144. The zero-order valence-electron chi connectivity index (χ0n) is 24.2. The predicted molar refractivity (Wildman–Crippen MR) is 158 cm³/mol. The van der Waals surface area contributed by atoms with Crippen LogP contribution < -0.4 is 14.8 Å². The maximum atomic E-state index is 13.3. The van der Waals surface area contributed by atoms with Crippen LogP contribution in [0, 0.1) is 0 Å². The average molecular weight is 545 g/mol. The zero-order chi connectivity index (χ0) is 29.4. The minimum Gasteiger partial charge on any atom is -0.491 e. The molecule has 7 heteroatoms. The smallest absolute Gasteiger partial charge is 0.344 e. The van der Waals surface area contributed by atoms with Crippen molar-refractivity contribution in [2.45, 2.75) is 66.3 Å². The highest BCUT2D eigenvalue weighted by atomic mass is 16.5. The van der Waals surface area contributed by atoms with Crippen molar-refractivity contribution in [3.63, 3.8) is 0 Å². The van der Waals surface area contributed by atoms with E-state index in [1.165, 1.54) is 6.92 Å². The normalized spacial score (nSPS) is 16.2. The molecule has 2 N–H and O–H groups in total. The fourth-order valence-corrected chi connectivity index (χ4v) is 4.43. The number of carbonyl (C=O) groups is 2. The van der Waals surface area contributed by atoms with E-state index in [-0.39, 0.29) is 18.1 Å². The lowest BCUT2D eigenvalue weighted by atomic mass is 10.0. The monoisotopic (exact) mass is 544 g/mol. The quantitative estimate of drug-likeness (QED) is 0.239. The third-order valence-corrected chi connectivity index (χ3v) is 6.76. The number of carboxylic acid groups (broad SMARTS) is 1. The molecule has 0 aliphatic carbocycles. The summed E-state index contributed by atoms with van der Waals surface area (Å²) in [5.41, 5.74) is 5.76. The van der Waals surface area contributed by atoms with E-state index in [1.54, 1.807) is 18.2 Å². The van der Waals surface area contributed by atoms with Gasteiger partial charge in [-0.2, -0.15) is 0 Å². The van der Waals surface area contributed by atoms with Crippen LogP contribution in [0.2, 0.25) is 0 Å². The summed E-state index contributed by atoms with van der Waals surface area (Å²) < 4.78 is 11.3. The number of hydrogen-bond acceptors (Lipinski definition) is 5. The van der Waals surface area contributed by atoms with Crippen molar-refractivity contribution in [3.05, 3.63) is 107 Å². The second-order valence-electron chi connectivity index (χ2n) is 10.3. The van der Waals surface area contributed by atoms with Gasteiger partial charge in [-0.25, -0.2) is 4.79 Å². The van der Waals surface area contributed by atoms with Crippen LogP contribution in [0.3, 0.4) is 0 Å². The van der Waals surface area contributed by atoms with Gasteiger partial charge in [-0.05, 0) is 94.2 Å². The van der Waals surface area contributed by atoms with Crippen molar-refractivity contribution < 1.29 is 24.2 Å². The van der Waals surface area contributed by atoms with E-state index >= 15 is 0 Å². The fraction of sp³-hybridized carbons (Fsp3) is 0.333. The van der Waals surface area contributed by atoms with Crippen molar-refractivity contribution in [1.29, 1.82) is 0 Å². The Morgan fingerprint density at radius 2 is 1.73 bits per heavy atom. The lowest BCUT2D eigenvalue weighted by Crippen LogP contribution is -2.28. The molecule has 1 aliphatic heterocycles. The molecule has 1 amide bonds. The average Bonchev–Trinajstić information content (AvgIpc) is 3.15. The van der Waals surface area contributed by atoms with Crippen molar-refractivity contribution in [3.8, 4) is 11.5 Å². The number of ether oxygens (including phenoxy) is 2. The van der Waals surface area contributed by atoms with Crippen LogP contribution >= 0.6 is 0 Å². The van der Waals surface area contributed by atoms with Gasteiger partial charge in [-0.1, -0.05) is 43.0 Å². The van der Waals surface area contributed by atoms with Crippen molar-refractivity contribution >= 4 is 11.9 Å². The van der Waals surface area contributed by atoms with Crippen LogP contribution in [-0.2, 0) is 16.1 Å². The molecule has 0 bridgehead atoms. The Morgan fingerprint density at radius 1 is 1.05 bits per heavy atom. The van der Waals surface area contributed by atoms with Gasteiger partial charge in [0.2, 0.25) is 0 Å². The van der Waals surface area contributed by atoms with E-state index in [0.29, 0.717) is 24.4 Å². The molecule has 0 aromatic heterocycles. The summed E-state index contributed by atoms with van der Waals surface area (Å²) in [7, 11) is 0. The molecule has 3 rings (SSSR count). The van der Waals surface area contributed by atoms with Gasteiger partial charge in [-0.3, -0.25) is 4.79 Å². The summed E-state index contributed by atoms with van der Waals surface area (Å²) in [5.74, 6) is 0.0957. The number of allylic oxidation sites excluding steroid dienone is 3. The van der Waals surface area contributed by atoms with Crippen LogP contribution in [-0.4, -0.2) is 40.6 Å².